The fraction of sp³-hybridized carbons (Fsp3) is 0. The SMILES string of the molecule is N=Cc1cc(-c2ccc3nc(N)cn3c2)cnc1N.Nc1ccccc1. The van der Waals surface area contributed by atoms with E-state index in [2.05, 4.69) is 9.97 Å². The standard InChI is InChI=1S/C13H12N6.C6H7N/c14-4-9-3-10(5-17-13(9)16)8-1-2-12-18-11(15)7-19(12)6-8;7-6-4-2-1-3-5-6/h1-7,14H,15H2,(H2,16,17);1-5H,7H2. The Bertz CT molecular complexity index is 1040. The lowest BCUT2D eigenvalue weighted by Gasteiger charge is -2.05. The number of aromatic nitrogens is 3. The highest BCUT2D eigenvalue weighted by atomic mass is 15.0. The smallest absolute Gasteiger partial charge is 0.142 e. The van der Waals surface area contributed by atoms with E-state index in [1.165, 1.54) is 6.21 Å². The molecular weight excluding hydrogens is 326 g/mol. The summed E-state index contributed by atoms with van der Waals surface area (Å²) in [4.78, 5) is 8.25. The summed E-state index contributed by atoms with van der Waals surface area (Å²) in [7, 11) is 0. The molecule has 0 unspecified atom stereocenters. The second-order valence-corrected chi connectivity index (χ2v) is 5.60. The molecule has 4 rings (SSSR count). The van der Waals surface area contributed by atoms with E-state index in [-0.39, 0.29) is 0 Å². The van der Waals surface area contributed by atoms with E-state index in [0.717, 1.165) is 22.5 Å². The summed E-state index contributed by atoms with van der Waals surface area (Å²) in [5, 5.41) is 7.30. The Morgan fingerprint density at radius 1 is 0.923 bits per heavy atom. The van der Waals surface area contributed by atoms with Crippen molar-refractivity contribution in [3.8, 4) is 11.1 Å². The van der Waals surface area contributed by atoms with E-state index in [4.69, 9.17) is 22.6 Å². The third kappa shape index (κ3) is 3.78. The molecule has 0 aliphatic carbocycles. The lowest BCUT2D eigenvalue weighted by molar-refractivity contribution is 1.19. The summed E-state index contributed by atoms with van der Waals surface area (Å²) in [5.41, 5.74) is 20.7. The van der Waals surface area contributed by atoms with Gasteiger partial charge < -0.3 is 27.0 Å². The summed E-state index contributed by atoms with van der Waals surface area (Å²) in [5.74, 6) is 0.833. The van der Waals surface area contributed by atoms with Crippen LogP contribution in [-0.4, -0.2) is 20.6 Å². The lowest BCUT2D eigenvalue weighted by Crippen LogP contribution is -1.97. The summed E-state index contributed by atoms with van der Waals surface area (Å²) >= 11 is 0. The zero-order valence-electron chi connectivity index (χ0n) is 14.0. The molecule has 0 radical (unpaired) electrons. The van der Waals surface area contributed by atoms with Crippen molar-refractivity contribution in [1.29, 1.82) is 5.41 Å². The van der Waals surface area contributed by atoms with Gasteiger partial charge in [0.2, 0.25) is 0 Å². The molecule has 0 saturated carbocycles. The molecule has 130 valence electrons. The highest BCUT2D eigenvalue weighted by molar-refractivity contribution is 5.85. The van der Waals surface area contributed by atoms with Crippen LogP contribution >= 0.6 is 0 Å². The van der Waals surface area contributed by atoms with E-state index < -0.39 is 0 Å². The van der Waals surface area contributed by atoms with Crippen LogP contribution in [0.5, 0.6) is 0 Å². The van der Waals surface area contributed by atoms with Crippen molar-refractivity contribution in [2.45, 2.75) is 0 Å². The minimum atomic E-state index is 0.353. The molecule has 0 aliphatic rings. The lowest BCUT2D eigenvalue weighted by atomic mass is 10.1. The molecule has 0 saturated heterocycles. The summed E-state index contributed by atoms with van der Waals surface area (Å²) < 4.78 is 1.85. The van der Waals surface area contributed by atoms with Gasteiger partial charge in [0, 0.05) is 41.0 Å². The van der Waals surface area contributed by atoms with Gasteiger partial charge in [0.1, 0.15) is 17.3 Å². The maximum absolute atomic E-state index is 7.30. The summed E-state index contributed by atoms with van der Waals surface area (Å²) in [6, 6.07) is 15.1. The zero-order chi connectivity index (χ0) is 18.5. The molecule has 0 bridgehead atoms. The molecule has 0 amide bonds. The van der Waals surface area contributed by atoms with Crippen LogP contribution in [0.4, 0.5) is 17.3 Å². The highest BCUT2D eigenvalue weighted by Crippen LogP contribution is 2.22. The predicted molar refractivity (Wildman–Crippen MR) is 106 cm³/mol. The predicted octanol–water partition coefficient (Wildman–Crippen LogP) is 2.83. The van der Waals surface area contributed by atoms with Gasteiger partial charge in [-0.05, 0) is 30.3 Å². The maximum atomic E-state index is 7.30. The van der Waals surface area contributed by atoms with Gasteiger partial charge in [0.15, 0.2) is 0 Å². The number of pyridine rings is 2. The zero-order valence-corrected chi connectivity index (χ0v) is 14.0. The van der Waals surface area contributed by atoms with Gasteiger partial charge in [-0.3, -0.25) is 0 Å². The Kier molecular flexibility index (Phi) is 4.80. The molecule has 0 fully saturated rings. The van der Waals surface area contributed by atoms with Crippen LogP contribution in [0.15, 0.2) is 67.1 Å². The summed E-state index contributed by atoms with van der Waals surface area (Å²) in [6.45, 7) is 0. The van der Waals surface area contributed by atoms with Crippen LogP contribution in [0.3, 0.4) is 0 Å². The molecule has 7 N–H and O–H groups in total. The van der Waals surface area contributed by atoms with Crippen molar-refractivity contribution in [2.75, 3.05) is 17.2 Å². The maximum Gasteiger partial charge on any atom is 0.142 e. The van der Waals surface area contributed by atoms with Crippen molar-refractivity contribution < 1.29 is 0 Å². The van der Waals surface area contributed by atoms with E-state index in [1.807, 2.05) is 59.1 Å². The number of nitrogen functional groups attached to an aromatic ring is 3. The van der Waals surface area contributed by atoms with Gasteiger partial charge in [-0.2, -0.15) is 0 Å². The van der Waals surface area contributed by atoms with Crippen molar-refractivity contribution in [3.63, 3.8) is 0 Å². The number of hydrogen-bond donors (Lipinski definition) is 4. The van der Waals surface area contributed by atoms with Crippen molar-refractivity contribution in [3.05, 3.63) is 72.7 Å². The van der Waals surface area contributed by atoms with E-state index in [1.54, 1.807) is 12.4 Å². The minimum absolute atomic E-state index is 0.353. The number of hydrogen-bond acceptors (Lipinski definition) is 6. The topological polar surface area (TPSA) is 132 Å². The number of nitrogens with two attached hydrogens (primary N) is 3. The molecule has 0 spiro atoms. The number of rotatable bonds is 2. The third-order valence-electron chi connectivity index (χ3n) is 3.71. The number of benzene rings is 1. The van der Waals surface area contributed by atoms with Gasteiger partial charge in [-0.15, -0.1) is 0 Å². The Balaban J connectivity index is 0.000000236. The van der Waals surface area contributed by atoms with Gasteiger partial charge in [0.25, 0.3) is 0 Å². The molecule has 0 aliphatic heterocycles. The van der Waals surface area contributed by atoms with Crippen LogP contribution in [0.25, 0.3) is 16.8 Å². The van der Waals surface area contributed by atoms with E-state index in [0.29, 0.717) is 17.2 Å². The number of imidazole rings is 1. The molecule has 1 aromatic carbocycles. The molecule has 3 aromatic heterocycles. The second-order valence-electron chi connectivity index (χ2n) is 5.60. The fourth-order valence-electron chi connectivity index (χ4n) is 2.40. The molecule has 4 aromatic rings. The molecule has 26 heavy (non-hydrogen) atoms. The Morgan fingerprint density at radius 2 is 1.69 bits per heavy atom. The molecule has 7 heteroatoms. The van der Waals surface area contributed by atoms with Crippen molar-refractivity contribution in [1.82, 2.24) is 14.4 Å². The normalized spacial score (nSPS) is 10.2. The van der Waals surface area contributed by atoms with Gasteiger partial charge in [-0.25, -0.2) is 9.97 Å². The first kappa shape index (κ1) is 17.0. The van der Waals surface area contributed by atoms with Crippen LogP contribution in [0.2, 0.25) is 0 Å². The van der Waals surface area contributed by atoms with Crippen LogP contribution in [0, 0.1) is 5.41 Å². The molecule has 0 atom stereocenters. The van der Waals surface area contributed by atoms with Gasteiger partial charge in [-0.1, -0.05) is 18.2 Å². The molecule has 3 heterocycles. The molecular formula is C19H19N7. The highest BCUT2D eigenvalue weighted by Gasteiger charge is 2.05. The number of para-hydroxylation sites is 1. The molecule has 7 nitrogen and oxygen atoms in total. The number of nitrogens with zero attached hydrogens (tertiary/aromatic N) is 3. The Morgan fingerprint density at radius 3 is 2.35 bits per heavy atom. The largest absolute Gasteiger partial charge is 0.399 e. The fourth-order valence-corrected chi connectivity index (χ4v) is 2.40. The van der Waals surface area contributed by atoms with Crippen molar-refractivity contribution in [2.24, 2.45) is 0 Å². The number of fused-ring (bicyclic) bond motifs is 1. The Labute approximate surface area is 150 Å². The first-order valence-electron chi connectivity index (χ1n) is 7.88. The van der Waals surface area contributed by atoms with Gasteiger partial charge in [0.05, 0.1) is 6.20 Å². The quantitative estimate of drug-likeness (QED) is 0.327. The third-order valence-corrected chi connectivity index (χ3v) is 3.71. The van der Waals surface area contributed by atoms with E-state index >= 15 is 0 Å². The van der Waals surface area contributed by atoms with Crippen LogP contribution in [-0.2, 0) is 0 Å². The minimum Gasteiger partial charge on any atom is -0.399 e. The number of nitrogens with one attached hydrogen (secondary N) is 1. The average Bonchev–Trinajstić information content (AvgIpc) is 3.02. The first-order chi connectivity index (χ1) is 12.6. The van der Waals surface area contributed by atoms with Crippen LogP contribution < -0.4 is 17.2 Å². The Hall–Kier alpha value is -3.87. The van der Waals surface area contributed by atoms with E-state index in [9.17, 15) is 0 Å². The first-order valence-corrected chi connectivity index (χ1v) is 7.88. The monoisotopic (exact) mass is 345 g/mol. The van der Waals surface area contributed by atoms with Gasteiger partial charge >= 0.3 is 0 Å². The average molecular weight is 345 g/mol. The summed E-state index contributed by atoms with van der Waals surface area (Å²) in [6.07, 6.45) is 6.55. The number of anilines is 3. The van der Waals surface area contributed by atoms with Crippen LogP contribution in [0.1, 0.15) is 5.56 Å². The van der Waals surface area contributed by atoms with Crippen molar-refractivity contribution >= 4 is 29.2 Å². The second kappa shape index (κ2) is 7.35.